The van der Waals surface area contributed by atoms with Gasteiger partial charge in [-0.15, -0.1) is 11.3 Å². The van der Waals surface area contributed by atoms with Crippen molar-refractivity contribution in [2.24, 2.45) is 10.6 Å². The third-order valence-electron chi connectivity index (χ3n) is 4.08. The predicted octanol–water partition coefficient (Wildman–Crippen LogP) is 3.05. The van der Waals surface area contributed by atoms with Crippen molar-refractivity contribution in [1.82, 2.24) is 0 Å². The van der Waals surface area contributed by atoms with Gasteiger partial charge in [-0.3, -0.25) is 0 Å². The number of anilines is 1. The Bertz CT molecular complexity index is 662. The molecular weight excluding hydrogens is 312 g/mol. The quantitative estimate of drug-likeness (QED) is 0.667. The van der Waals surface area contributed by atoms with E-state index in [4.69, 9.17) is 4.84 Å². The second-order valence-electron chi connectivity index (χ2n) is 7.02. The molecule has 2 aliphatic heterocycles. The second kappa shape index (κ2) is 6.09. The Hall–Kier alpha value is -1.66. The zero-order valence-electron chi connectivity index (χ0n) is 13.7. The summed E-state index contributed by atoms with van der Waals surface area (Å²) in [5.41, 5.74) is 1.000. The number of hydrogen-bond donors (Lipinski definition) is 1. The van der Waals surface area contributed by atoms with E-state index >= 15 is 0 Å². The largest absolute Gasteiger partial charge is 0.393 e. The van der Waals surface area contributed by atoms with Gasteiger partial charge in [0.1, 0.15) is 5.71 Å². The summed E-state index contributed by atoms with van der Waals surface area (Å²) >= 11 is 1.65. The summed E-state index contributed by atoms with van der Waals surface area (Å²) in [6.07, 6.45) is 3.31. The summed E-state index contributed by atoms with van der Waals surface area (Å²) in [5, 5.41) is 14.7. The average molecular weight is 334 g/mol. The minimum atomic E-state index is -0.383. The molecule has 6 heteroatoms. The molecule has 124 valence electrons. The molecule has 2 aliphatic rings. The molecule has 0 amide bonds. The van der Waals surface area contributed by atoms with Crippen LogP contribution in [0.25, 0.3) is 6.08 Å². The summed E-state index contributed by atoms with van der Waals surface area (Å²) in [6, 6.07) is 4.09. The van der Waals surface area contributed by atoms with Crippen molar-refractivity contribution in [1.29, 1.82) is 0 Å². The predicted molar refractivity (Wildman–Crippen MR) is 92.7 cm³/mol. The smallest absolute Gasteiger partial charge is 0.367 e. The SMILES string of the molecule is CC(C)(C)C1=NOC(=O)C1=Cc1ccc(N2CCC(O)CC2)s1. The van der Waals surface area contributed by atoms with E-state index in [2.05, 4.69) is 16.1 Å². The lowest BCUT2D eigenvalue weighted by atomic mass is 9.85. The number of carbonyl (C=O) groups is 1. The molecule has 1 fully saturated rings. The number of aliphatic hydroxyl groups is 1. The van der Waals surface area contributed by atoms with Crippen LogP contribution in [0.5, 0.6) is 0 Å². The maximum Gasteiger partial charge on any atom is 0.367 e. The molecule has 3 heterocycles. The molecule has 5 nitrogen and oxygen atoms in total. The molecule has 1 saturated heterocycles. The summed E-state index contributed by atoms with van der Waals surface area (Å²) in [4.78, 5) is 20.1. The number of thiophene rings is 1. The van der Waals surface area contributed by atoms with Gasteiger partial charge in [-0.2, -0.15) is 0 Å². The third-order valence-corrected chi connectivity index (χ3v) is 5.17. The van der Waals surface area contributed by atoms with E-state index in [1.165, 1.54) is 5.00 Å². The third kappa shape index (κ3) is 3.48. The van der Waals surface area contributed by atoms with E-state index in [-0.39, 0.29) is 17.5 Å². The summed E-state index contributed by atoms with van der Waals surface area (Å²) in [6.45, 7) is 7.78. The van der Waals surface area contributed by atoms with Crippen molar-refractivity contribution in [3.05, 3.63) is 22.6 Å². The lowest BCUT2D eigenvalue weighted by molar-refractivity contribution is -0.136. The number of hydrogen-bond acceptors (Lipinski definition) is 6. The minimum Gasteiger partial charge on any atom is -0.393 e. The van der Waals surface area contributed by atoms with Crippen LogP contribution < -0.4 is 4.90 Å². The summed E-state index contributed by atoms with van der Waals surface area (Å²) in [5.74, 6) is -0.383. The second-order valence-corrected chi connectivity index (χ2v) is 8.11. The molecular formula is C17H22N2O3S. The van der Waals surface area contributed by atoms with Crippen molar-refractivity contribution in [2.75, 3.05) is 18.0 Å². The van der Waals surface area contributed by atoms with Crippen LogP contribution in [0.4, 0.5) is 5.00 Å². The molecule has 1 N–H and O–H groups in total. The van der Waals surface area contributed by atoms with Gasteiger partial charge in [0, 0.05) is 23.4 Å². The molecule has 0 saturated carbocycles. The van der Waals surface area contributed by atoms with Crippen LogP contribution in [0, 0.1) is 5.41 Å². The monoisotopic (exact) mass is 334 g/mol. The van der Waals surface area contributed by atoms with E-state index in [0.29, 0.717) is 11.3 Å². The zero-order chi connectivity index (χ0) is 16.6. The zero-order valence-corrected chi connectivity index (χ0v) is 14.5. The Labute approximate surface area is 140 Å². The molecule has 0 radical (unpaired) electrons. The number of piperidine rings is 1. The highest BCUT2D eigenvalue weighted by Crippen LogP contribution is 2.33. The van der Waals surface area contributed by atoms with Crippen LogP contribution in [-0.2, 0) is 9.63 Å². The standard InChI is InChI=1S/C17H22N2O3S/c1-17(2,3)15-13(16(21)22-18-15)10-12-4-5-14(23-12)19-8-6-11(20)7-9-19/h4-5,10-11,20H,6-9H2,1-3H3. The van der Waals surface area contributed by atoms with Gasteiger partial charge in [-0.1, -0.05) is 25.9 Å². The van der Waals surface area contributed by atoms with Gasteiger partial charge in [-0.25, -0.2) is 4.79 Å². The van der Waals surface area contributed by atoms with Gasteiger partial charge < -0.3 is 14.8 Å². The molecule has 0 atom stereocenters. The van der Waals surface area contributed by atoms with E-state index < -0.39 is 0 Å². The first-order chi connectivity index (χ1) is 10.8. The van der Waals surface area contributed by atoms with Crippen LogP contribution >= 0.6 is 11.3 Å². The van der Waals surface area contributed by atoms with E-state index in [1.54, 1.807) is 11.3 Å². The highest BCUT2D eigenvalue weighted by Gasteiger charge is 2.34. The van der Waals surface area contributed by atoms with Crippen molar-refractivity contribution in [3.63, 3.8) is 0 Å². The van der Waals surface area contributed by atoms with Crippen LogP contribution in [0.15, 0.2) is 22.9 Å². The van der Waals surface area contributed by atoms with E-state index in [9.17, 15) is 9.90 Å². The van der Waals surface area contributed by atoms with Crippen LogP contribution in [-0.4, -0.2) is 36.0 Å². The molecule has 1 aromatic rings. The summed E-state index contributed by atoms with van der Waals surface area (Å²) in [7, 11) is 0. The first kappa shape index (κ1) is 16.2. The number of oxime groups is 1. The lowest BCUT2D eigenvalue weighted by Crippen LogP contribution is -2.35. The Morgan fingerprint density at radius 3 is 2.70 bits per heavy atom. The van der Waals surface area contributed by atoms with Gasteiger partial charge in [0.25, 0.3) is 0 Å². The molecule has 3 rings (SSSR count). The van der Waals surface area contributed by atoms with Crippen molar-refractivity contribution in [2.45, 2.75) is 39.7 Å². The van der Waals surface area contributed by atoms with E-state index in [0.717, 1.165) is 30.8 Å². The van der Waals surface area contributed by atoms with Crippen molar-refractivity contribution in [3.8, 4) is 0 Å². The Kier molecular flexibility index (Phi) is 4.29. The summed E-state index contributed by atoms with van der Waals surface area (Å²) < 4.78 is 0. The molecule has 0 unspecified atom stereocenters. The van der Waals surface area contributed by atoms with Gasteiger partial charge >= 0.3 is 5.97 Å². The normalized spacial score (nSPS) is 21.7. The lowest BCUT2D eigenvalue weighted by Gasteiger charge is -2.30. The Balaban J connectivity index is 1.80. The van der Waals surface area contributed by atoms with Gasteiger partial charge in [0.05, 0.1) is 16.7 Å². The first-order valence-electron chi connectivity index (χ1n) is 7.89. The average Bonchev–Trinajstić information content (AvgIpc) is 3.08. The fraction of sp³-hybridized carbons (Fsp3) is 0.529. The van der Waals surface area contributed by atoms with Crippen LogP contribution in [0.3, 0.4) is 0 Å². The van der Waals surface area contributed by atoms with Gasteiger partial charge in [0.15, 0.2) is 0 Å². The fourth-order valence-electron chi connectivity index (χ4n) is 2.77. The molecule has 23 heavy (non-hydrogen) atoms. The highest BCUT2D eigenvalue weighted by molar-refractivity contribution is 7.17. The maximum absolute atomic E-state index is 11.9. The fourth-order valence-corrected chi connectivity index (χ4v) is 3.77. The highest BCUT2D eigenvalue weighted by atomic mass is 32.1. The number of rotatable bonds is 2. The van der Waals surface area contributed by atoms with E-state index in [1.807, 2.05) is 32.9 Å². The minimum absolute atomic E-state index is 0.174. The molecule has 0 aromatic carbocycles. The topological polar surface area (TPSA) is 62.1 Å². The maximum atomic E-state index is 11.9. The van der Waals surface area contributed by atoms with Crippen molar-refractivity contribution < 1.29 is 14.7 Å². The van der Waals surface area contributed by atoms with Crippen LogP contribution in [0.1, 0.15) is 38.5 Å². The molecule has 0 aliphatic carbocycles. The molecule has 1 aromatic heterocycles. The Morgan fingerprint density at radius 2 is 2.04 bits per heavy atom. The molecule has 0 bridgehead atoms. The Morgan fingerprint density at radius 1 is 1.35 bits per heavy atom. The first-order valence-corrected chi connectivity index (χ1v) is 8.71. The van der Waals surface area contributed by atoms with Gasteiger partial charge in [-0.05, 0) is 31.1 Å². The number of aliphatic hydroxyl groups excluding tert-OH is 1. The van der Waals surface area contributed by atoms with Crippen molar-refractivity contribution >= 4 is 34.1 Å². The number of nitrogens with zero attached hydrogens (tertiary/aromatic N) is 2. The van der Waals surface area contributed by atoms with Gasteiger partial charge in [0.2, 0.25) is 0 Å². The number of carbonyl (C=O) groups excluding carboxylic acids is 1. The molecule has 0 spiro atoms. The van der Waals surface area contributed by atoms with Crippen LogP contribution in [0.2, 0.25) is 0 Å².